The molecule has 0 aliphatic heterocycles. The second kappa shape index (κ2) is 13.8. The number of aryl methyl sites for hydroxylation is 1. The maximum atomic E-state index is 14.1. The molecule has 0 saturated carbocycles. The number of nitrogens with one attached hydrogen (secondary N) is 1. The first kappa shape index (κ1) is 30.4. The van der Waals surface area contributed by atoms with Crippen LogP contribution in [0.2, 0.25) is 0 Å². The van der Waals surface area contributed by atoms with Crippen molar-refractivity contribution in [3.05, 3.63) is 100 Å². The van der Waals surface area contributed by atoms with E-state index >= 15 is 0 Å². The average Bonchev–Trinajstić information content (AvgIpc) is 2.90. The summed E-state index contributed by atoms with van der Waals surface area (Å²) in [5, 5.41) is 3.03. The first-order valence-electron chi connectivity index (χ1n) is 12.9. The van der Waals surface area contributed by atoms with Gasteiger partial charge in [0.05, 0.1) is 11.9 Å². The minimum Gasteiger partial charge on any atom is -0.352 e. The van der Waals surface area contributed by atoms with Gasteiger partial charge in [-0.3, -0.25) is 13.9 Å². The molecule has 0 radical (unpaired) electrons. The molecule has 3 aromatic carbocycles. The molecule has 7 nitrogen and oxygen atoms in total. The topological polar surface area (TPSA) is 86.8 Å². The Morgan fingerprint density at radius 3 is 2.13 bits per heavy atom. The monoisotopic (exact) mass is 613 g/mol. The average molecular weight is 615 g/mol. The Morgan fingerprint density at radius 2 is 1.54 bits per heavy atom. The molecule has 39 heavy (non-hydrogen) atoms. The third-order valence-electron chi connectivity index (χ3n) is 6.55. The second-order valence-electron chi connectivity index (χ2n) is 9.75. The molecule has 0 aromatic heterocycles. The quantitative estimate of drug-likeness (QED) is 0.309. The van der Waals surface area contributed by atoms with Gasteiger partial charge in [0.25, 0.3) is 0 Å². The van der Waals surface area contributed by atoms with Crippen molar-refractivity contribution in [3.8, 4) is 0 Å². The minimum atomic E-state index is -3.82. The number of sulfonamides is 1. The molecule has 0 bridgehead atoms. The van der Waals surface area contributed by atoms with Crippen LogP contribution in [0.1, 0.15) is 37.0 Å². The van der Waals surface area contributed by atoms with E-state index in [0.717, 1.165) is 33.7 Å². The number of anilines is 1. The number of rotatable bonds is 12. The second-order valence-corrected chi connectivity index (χ2v) is 12.5. The van der Waals surface area contributed by atoms with E-state index in [1.165, 1.54) is 4.90 Å². The molecule has 2 atom stereocenters. The number of halogens is 1. The van der Waals surface area contributed by atoms with E-state index in [2.05, 4.69) is 21.2 Å². The van der Waals surface area contributed by atoms with Crippen molar-refractivity contribution in [2.75, 3.05) is 17.1 Å². The highest BCUT2D eigenvalue weighted by molar-refractivity contribution is 9.10. The summed E-state index contributed by atoms with van der Waals surface area (Å²) in [6, 6.07) is 23.2. The summed E-state index contributed by atoms with van der Waals surface area (Å²) < 4.78 is 27.4. The fraction of sp³-hybridized carbons (Fsp3) is 0.333. The van der Waals surface area contributed by atoms with Crippen LogP contribution in [0, 0.1) is 6.92 Å². The summed E-state index contributed by atoms with van der Waals surface area (Å²) in [5.74, 6) is -0.752. The number of hydrogen-bond acceptors (Lipinski definition) is 4. The SMILES string of the molecule is CC[C@H](C)NC(=O)[C@@H](Cc1ccccc1)N(Cc1ccc(C)cc1)C(=O)CN(c1ccccc1Br)S(C)(=O)=O. The van der Waals surface area contributed by atoms with Gasteiger partial charge in [-0.2, -0.15) is 0 Å². The van der Waals surface area contributed by atoms with Gasteiger partial charge in [-0.1, -0.05) is 79.2 Å². The fourth-order valence-corrected chi connectivity index (χ4v) is 5.61. The van der Waals surface area contributed by atoms with E-state index in [1.54, 1.807) is 24.3 Å². The molecule has 0 aliphatic carbocycles. The summed E-state index contributed by atoms with van der Waals surface area (Å²) >= 11 is 3.41. The van der Waals surface area contributed by atoms with Crippen LogP contribution < -0.4 is 9.62 Å². The largest absolute Gasteiger partial charge is 0.352 e. The Morgan fingerprint density at radius 1 is 0.923 bits per heavy atom. The Balaban J connectivity index is 2.06. The van der Waals surface area contributed by atoms with Gasteiger partial charge in [0.15, 0.2) is 0 Å². The molecule has 208 valence electrons. The zero-order chi connectivity index (χ0) is 28.6. The highest BCUT2D eigenvalue weighted by atomic mass is 79.9. The van der Waals surface area contributed by atoms with Crippen LogP contribution >= 0.6 is 15.9 Å². The van der Waals surface area contributed by atoms with Gasteiger partial charge in [-0.05, 0) is 59.5 Å². The van der Waals surface area contributed by atoms with Crippen molar-refractivity contribution in [2.24, 2.45) is 0 Å². The number of nitrogens with zero attached hydrogens (tertiary/aromatic N) is 2. The lowest BCUT2D eigenvalue weighted by atomic mass is 10.0. The van der Waals surface area contributed by atoms with Gasteiger partial charge < -0.3 is 10.2 Å². The molecule has 0 spiro atoms. The Labute approximate surface area is 240 Å². The van der Waals surface area contributed by atoms with Crippen molar-refractivity contribution < 1.29 is 18.0 Å². The zero-order valence-electron chi connectivity index (χ0n) is 22.8. The van der Waals surface area contributed by atoms with Crippen LogP contribution in [0.4, 0.5) is 5.69 Å². The van der Waals surface area contributed by atoms with Gasteiger partial charge in [-0.15, -0.1) is 0 Å². The highest BCUT2D eigenvalue weighted by Crippen LogP contribution is 2.28. The fourth-order valence-electron chi connectivity index (χ4n) is 4.13. The van der Waals surface area contributed by atoms with Crippen molar-refractivity contribution in [3.63, 3.8) is 0 Å². The molecule has 0 fully saturated rings. The van der Waals surface area contributed by atoms with Gasteiger partial charge >= 0.3 is 0 Å². The number of hydrogen-bond donors (Lipinski definition) is 1. The standard InChI is InChI=1S/C30H36BrN3O4S/c1-5-23(3)32-30(36)28(19-24-11-7-6-8-12-24)33(20-25-17-15-22(2)16-18-25)29(35)21-34(39(4,37)38)27-14-10-9-13-26(27)31/h6-18,23,28H,5,19-21H2,1-4H3,(H,32,36)/t23-,28+/m0/s1. The van der Waals surface area contributed by atoms with Gasteiger partial charge in [0, 0.05) is 23.5 Å². The van der Waals surface area contributed by atoms with Crippen molar-refractivity contribution in [1.82, 2.24) is 10.2 Å². The summed E-state index contributed by atoms with van der Waals surface area (Å²) in [7, 11) is -3.82. The Bertz CT molecular complexity index is 1360. The van der Waals surface area contributed by atoms with Crippen molar-refractivity contribution in [1.29, 1.82) is 0 Å². The molecule has 0 saturated heterocycles. The number of carbonyl (C=O) groups excluding carboxylic acids is 2. The van der Waals surface area contributed by atoms with E-state index in [4.69, 9.17) is 0 Å². The molecule has 0 heterocycles. The number of carbonyl (C=O) groups is 2. The molecule has 9 heteroatoms. The number of amides is 2. The number of para-hydroxylation sites is 1. The smallest absolute Gasteiger partial charge is 0.244 e. The van der Waals surface area contributed by atoms with Gasteiger partial charge in [-0.25, -0.2) is 8.42 Å². The van der Waals surface area contributed by atoms with Crippen LogP contribution in [0.3, 0.4) is 0 Å². The van der Waals surface area contributed by atoms with E-state index in [0.29, 0.717) is 10.2 Å². The molecular weight excluding hydrogens is 578 g/mol. The van der Waals surface area contributed by atoms with Crippen LogP contribution in [0.25, 0.3) is 0 Å². The van der Waals surface area contributed by atoms with Gasteiger partial charge in [0.1, 0.15) is 12.6 Å². The lowest BCUT2D eigenvalue weighted by molar-refractivity contribution is -0.140. The summed E-state index contributed by atoms with van der Waals surface area (Å²) in [4.78, 5) is 29.2. The van der Waals surface area contributed by atoms with Crippen molar-refractivity contribution >= 4 is 43.5 Å². The predicted octanol–water partition coefficient (Wildman–Crippen LogP) is 5.08. The van der Waals surface area contributed by atoms with Crippen LogP contribution in [-0.2, 0) is 32.6 Å². The molecule has 3 aromatic rings. The maximum Gasteiger partial charge on any atom is 0.244 e. The molecular formula is C30H36BrN3O4S. The normalized spacial score (nSPS) is 12.8. The highest BCUT2D eigenvalue weighted by Gasteiger charge is 2.33. The van der Waals surface area contributed by atoms with E-state index in [1.807, 2.05) is 75.4 Å². The number of benzene rings is 3. The molecule has 3 rings (SSSR count). The third kappa shape index (κ3) is 8.66. The van der Waals surface area contributed by atoms with Crippen LogP contribution in [0.15, 0.2) is 83.3 Å². The van der Waals surface area contributed by atoms with Gasteiger partial charge in [0.2, 0.25) is 21.8 Å². The predicted molar refractivity (Wildman–Crippen MR) is 160 cm³/mol. The summed E-state index contributed by atoms with van der Waals surface area (Å²) in [5.41, 5.74) is 3.17. The van der Waals surface area contributed by atoms with Crippen LogP contribution in [-0.4, -0.2) is 50.0 Å². The summed E-state index contributed by atoms with van der Waals surface area (Å²) in [6.07, 6.45) is 2.09. The molecule has 2 amide bonds. The lowest BCUT2D eigenvalue weighted by Gasteiger charge is -2.34. The third-order valence-corrected chi connectivity index (χ3v) is 8.34. The first-order valence-corrected chi connectivity index (χ1v) is 15.5. The zero-order valence-corrected chi connectivity index (χ0v) is 25.2. The maximum absolute atomic E-state index is 14.1. The van der Waals surface area contributed by atoms with Crippen LogP contribution in [0.5, 0.6) is 0 Å². The lowest BCUT2D eigenvalue weighted by Crippen LogP contribution is -2.54. The molecule has 1 N–H and O–H groups in total. The summed E-state index contributed by atoms with van der Waals surface area (Å²) in [6.45, 7) is 5.58. The van der Waals surface area contributed by atoms with E-state index in [9.17, 15) is 18.0 Å². The first-order chi connectivity index (χ1) is 18.5. The molecule has 0 aliphatic rings. The Hall–Kier alpha value is -3.17. The van der Waals surface area contributed by atoms with E-state index in [-0.39, 0.29) is 24.9 Å². The Kier molecular flexibility index (Phi) is 10.7. The minimum absolute atomic E-state index is 0.0834. The van der Waals surface area contributed by atoms with E-state index < -0.39 is 28.5 Å². The molecule has 0 unspecified atom stereocenters. The van der Waals surface area contributed by atoms with Crippen molar-refractivity contribution in [2.45, 2.75) is 52.2 Å².